The largest absolute Gasteiger partial charge is 0.347 e. The highest BCUT2D eigenvalue weighted by Crippen LogP contribution is 2.24. The van der Waals surface area contributed by atoms with Crippen LogP contribution in [-0.4, -0.2) is 51.9 Å². The van der Waals surface area contributed by atoms with E-state index in [4.69, 9.17) is 0 Å². The van der Waals surface area contributed by atoms with Crippen molar-refractivity contribution < 1.29 is 4.79 Å². The van der Waals surface area contributed by atoms with Crippen molar-refractivity contribution >= 4 is 5.91 Å². The number of piperazine rings is 1. The number of nitrogens with one attached hydrogen (secondary N) is 1. The highest BCUT2D eigenvalue weighted by molar-refractivity contribution is 5.95. The lowest BCUT2D eigenvalue weighted by Crippen LogP contribution is -2.50. The van der Waals surface area contributed by atoms with Gasteiger partial charge in [0.15, 0.2) is 0 Å². The Bertz CT molecular complexity index is 638. The Morgan fingerprint density at radius 3 is 2.86 bits per heavy atom. The van der Waals surface area contributed by atoms with Crippen molar-refractivity contribution in [2.45, 2.75) is 19.9 Å². The number of rotatable bonds is 3. The SMILES string of the molecule is CCN1CCN(C(=O)c2ccccc2C)C[C@H]1c1ncc[nH]1. The molecule has 0 spiro atoms. The number of amides is 1. The molecule has 1 saturated heterocycles. The van der Waals surface area contributed by atoms with Crippen molar-refractivity contribution in [1.82, 2.24) is 19.8 Å². The first-order valence-electron chi connectivity index (χ1n) is 7.79. The second kappa shape index (κ2) is 6.32. The molecule has 0 bridgehead atoms. The van der Waals surface area contributed by atoms with Crippen LogP contribution in [0.25, 0.3) is 0 Å². The smallest absolute Gasteiger partial charge is 0.254 e. The average molecular weight is 298 g/mol. The van der Waals surface area contributed by atoms with Crippen LogP contribution in [0.1, 0.15) is 34.7 Å². The minimum Gasteiger partial charge on any atom is -0.347 e. The molecule has 1 atom stereocenters. The molecule has 2 aromatic rings. The second-order valence-corrected chi connectivity index (χ2v) is 5.68. The molecule has 5 heteroatoms. The van der Waals surface area contributed by atoms with Gasteiger partial charge in [-0.2, -0.15) is 0 Å². The van der Waals surface area contributed by atoms with E-state index in [0.29, 0.717) is 6.54 Å². The molecule has 1 amide bonds. The van der Waals surface area contributed by atoms with E-state index in [2.05, 4.69) is 21.8 Å². The first kappa shape index (κ1) is 14.8. The lowest BCUT2D eigenvalue weighted by Gasteiger charge is -2.40. The molecule has 0 saturated carbocycles. The van der Waals surface area contributed by atoms with E-state index in [9.17, 15) is 4.79 Å². The third-order valence-corrected chi connectivity index (χ3v) is 4.40. The van der Waals surface area contributed by atoms with Crippen LogP contribution in [0.5, 0.6) is 0 Å². The normalized spacial score (nSPS) is 19.4. The van der Waals surface area contributed by atoms with Gasteiger partial charge in [-0.05, 0) is 25.1 Å². The molecule has 1 N–H and O–H groups in total. The molecular weight excluding hydrogens is 276 g/mol. The molecule has 1 aromatic heterocycles. The summed E-state index contributed by atoms with van der Waals surface area (Å²) in [6, 6.07) is 7.92. The fourth-order valence-corrected chi connectivity index (χ4v) is 3.09. The number of aromatic nitrogens is 2. The number of H-pyrrole nitrogens is 1. The zero-order chi connectivity index (χ0) is 15.5. The number of benzene rings is 1. The van der Waals surface area contributed by atoms with Gasteiger partial charge in [0, 0.05) is 37.6 Å². The van der Waals surface area contributed by atoms with Crippen molar-refractivity contribution in [2.24, 2.45) is 0 Å². The van der Waals surface area contributed by atoms with Crippen molar-refractivity contribution in [3.8, 4) is 0 Å². The number of hydrogen-bond donors (Lipinski definition) is 1. The molecule has 116 valence electrons. The zero-order valence-electron chi connectivity index (χ0n) is 13.1. The van der Waals surface area contributed by atoms with Gasteiger partial charge in [-0.15, -0.1) is 0 Å². The van der Waals surface area contributed by atoms with Gasteiger partial charge in [0.2, 0.25) is 0 Å². The molecule has 22 heavy (non-hydrogen) atoms. The van der Waals surface area contributed by atoms with Gasteiger partial charge in [-0.3, -0.25) is 9.69 Å². The van der Waals surface area contributed by atoms with Gasteiger partial charge >= 0.3 is 0 Å². The molecule has 3 rings (SSSR count). The van der Waals surface area contributed by atoms with Gasteiger partial charge in [0.05, 0.1) is 6.04 Å². The molecular formula is C17H22N4O. The third-order valence-electron chi connectivity index (χ3n) is 4.40. The quantitative estimate of drug-likeness (QED) is 0.945. The summed E-state index contributed by atoms with van der Waals surface area (Å²) in [5.41, 5.74) is 1.82. The topological polar surface area (TPSA) is 52.2 Å². The molecule has 1 fully saturated rings. The van der Waals surface area contributed by atoms with Gasteiger partial charge < -0.3 is 9.88 Å². The Morgan fingerprint density at radius 1 is 1.36 bits per heavy atom. The number of aryl methyl sites for hydroxylation is 1. The Morgan fingerprint density at radius 2 is 2.18 bits per heavy atom. The van der Waals surface area contributed by atoms with Gasteiger partial charge in [0.25, 0.3) is 5.91 Å². The summed E-state index contributed by atoms with van der Waals surface area (Å²) in [6.45, 7) is 7.40. The number of aromatic amines is 1. The predicted molar refractivity (Wildman–Crippen MR) is 85.7 cm³/mol. The van der Waals surface area contributed by atoms with E-state index < -0.39 is 0 Å². The van der Waals surface area contributed by atoms with Crippen LogP contribution < -0.4 is 0 Å². The molecule has 1 aliphatic heterocycles. The third kappa shape index (κ3) is 2.76. The van der Waals surface area contributed by atoms with Crippen molar-refractivity contribution in [3.63, 3.8) is 0 Å². The summed E-state index contributed by atoms with van der Waals surface area (Å²) in [6.07, 6.45) is 3.61. The summed E-state index contributed by atoms with van der Waals surface area (Å²) < 4.78 is 0. The van der Waals surface area contributed by atoms with E-state index in [1.165, 1.54) is 0 Å². The van der Waals surface area contributed by atoms with Crippen LogP contribution in [-0.2, 0) is 0 Å². The Hall–Kier alpha value is -2.14. The maximum Gasteiger partial charge on any atom is 0.254 e. The minimum atomic E-state index is 0.116. The van der Waals surface area contributed by atoms with Crippen LogP contribution in [0.4, 0.5) is 0 Å². The Labute approximate surface area is 131 Å². The van der Waals surface area contributed by atoms with Crippen LogP contribution in [0, 0.1) is 6.92 Å². The average Bonchev–Trinajstić information content (AvgIpc) is 3.08. The first-order chi connectivity index (χ1) is 10.7. The van der Waals surface area contributed by atoms with E-state index in [1.54, 1.807) is 6.20 Å². The fourth-order valence-electron chi connectivity index (χ4n) is 3.09. The van der Waals surface area contributed by atoms with Crippen LogP contribution in [0.2, 0.25) is 0 Å². The maximum atomic E-state index is 12.8. The molecule has 1 aromatic carbocycles. The number of likely N-dealkylation sites (N-methyl/N-ethyl adjacent to an activating group) is 1. The van der Waals surface area contributed by atoms with E-state index in [1.807, 2.05) is 42.3 Å². The number of carbonyl (C=O) groups is 1. The number of nitrogens with zero attached hydrogens (tertiary/aromatic N) is 3. The summed E-state index contributed by atoms with van der Waals surface area (Å²) in [5, 5.41) is 0. The number of imidazole rings is 1. The molecule has 2 heterocycles. The van der Waals surface area contributed by atoms with Gasteiger partial charge in [-0.1, -0.05) is 25.1 Å². The van der Waals surface area contributed by atoms with Crippen molar-refractivity contribution in [2.75, 3.05) is 26.2 Å². The Balaban J connectivity index is 1.81. The zero-order valence-corrected chi connectivity index (χ0v) is 13.1. The lowest BCUT2D eigenvalue weighted by atomic mass is 10.1. The summed E-state index contributed by atoms with van der Waals surface area (Å²) in [5.74, 6) is 1.05. The highest BCUT2D eigenvalue weighted by Gasteiger charge is 2.31. The maximum absolute atomic E-state index is 12.8. The fraction of sp³-hybridized carbons (Fsp3) is 0.412. The monoisotopic (exact) mass is 298 g/mol. The van der Waals surface area contributed by atoms with Crippen LogP contribution in [0.15, 0.2) is 36.7 Å². The molecule has 1 aliphatic rings. The summed E-state index contributed by atoms with van der Waals surface area (Å²) in [7, 11) is 0. The lowest BCUT2D eigenvalue weighted by molar-refractivity contribution is 0.0479. The highest BCUT2D eigenvalue weighted by atomic mass is 16.2. The summed E-state index contributed by atoms with van der Waals surface area (Å²) >= 11 is 0. The standard InChI is InChI=1S/C17H22N4O/c1-3-20-10-11-21(12-15(20)16-18-8-9-19-16)17(22)14-7-5-4-6-13(14)2/h4-9,15H,3,10-12H2,1-2H3,(H,18,19)/t15-/m0/s1. The Kier molecular flexibility index (Phi) is 4.24. The number of carbonyl (C=O) groups excluding carboxylic acids is 1. The van der Waals surface area contributed by atoms with Gasteiger partial charge in [-0.25, -0.2) is 4.98 Å². The molecule has 0 aliphatic carbocycles. The van der Waals surface area contributed by atoms with Crippen LogP contribution >= 0.6 is 0 Å². The predicted octanol–water partition coefficient (Wildman–Crippen LogP) is 2.24. The minimum absolute atomic E-state index is 0.116. The van der Waals surface area contributed by atoms with Crippen LogP contribution in [0.3, 0.4) is 0 Å². The first-order valence-corrected chi connectivity index (χ1v) is 7.79. The molecule has 5 nitrogen and oxygen atoms in total. The second-order valence-electron chi connectivity index (χ2n) is 5.68. The molecule has 0 unspecified atom stereocenters. The number of hydrogen-bond acceptors (Lipinski definition) is 3. The van der Waals surface area contributed by atoms with Crippen molar-refractivity contribution in [3.05, 3.63) is 53.6 Å². The van der Waals surface area contributed by atoms with E-state index in [-0.39, 0.29) is 11.9 Å². The van der Waals surface area contributed by atoms with Gasteiger partial charge in [0.1, 0.15) is 5.82 Å². The summed E-state index contributed by atoms with van der Waals surface area (Å²) in [4.78, 5) is 24.7. The molecule has 0 radical (unpaired) electrons. The van der Waals surface area contributed by atoms with Crippen molar-refractivity contribution in [1.29, 1.82) is 0 Å². The van der Waals surface area contributed by atoms with E-state index >= 15 is 0 Å². The van der Waals surface area contributed by atoms with E-state index in [0.717, 1.165) is 36.6 Å².